The highest BCUT2D eigenvalue weighted by Crippen LogP contribution is 2.30. The van der Waals surface area contributed by atoms with Gasteiger partial charge < -0.3 is 5.11 Å². The van der Waals surface area contributed by atoms with E-state index < -0.39 is 15.8 Å². The van der Waals surface area contributed by atoms with Gasteiger partial charge in [-0.25, -0.2) is 13.2 Å². The summed E-state index contributed by atoms with van der Waals surface area (Å²) in [7, 11) is -3.38. The van der Waals surface area contributed by atoms with Gasteiger partial charge in [0, 0.05) is 4.47 Å². The molecule has 1 saturated carbocycles. The Labute approximate surface area is 114 Å². The number of rotatable bonds is 4. The molecule has 1 aromatic rings. The minimum atomic E-state index is -3.38. The van der Waals surface area contributed by atoms with Gasteiger partial charge >= 0.3 is 5.97 Å². The summed E-state index contributed by atoms with van der Waals surface area (Å²) >= 11 is 3.10. The largest absolute Gasteiger partial charge is 0.478 e. The Morgan fingerprint density at radius 1 is 1.39 bits per heavy atom. The molecule has 0 aliphatic heterocycles. The number of hydrogen-bond donors (Lipinski definition) is 1. The summed E-state index contributed by atoms with van der Waals surface area (Å²) < 4.78 is 24.6. The van der Waals surface area contributed by atoms with Crippen molar-refractivity contribution in [2.24, 2.45) is 5.92 Å². The average molecular weight is 333 g/mol. The Morgan fingerprint density at radius 3 is 2.56 bits per heavy atom. The molecule has 4 nitrogen and oxygen atoms in total. The molecule has 0 bridgehead atoms. The summed E-state index contributed by atoms with van der Waals surface area (Å²) in [5.41, 5.74) is -0.0234. The third-order valence-electron chi connectivity index (χ3n) is 3.21. The number of benzene rings is 1. The van der Waals surface area contributed by atoms with E-state index in [1.165, 1.54) is 18.2 Å². The monoisotopic (exact) mass is 332 g/mol. The summed E-state index contributed by atoms with van der Waals surface area (Å²) in [6.07, 6.45) is 2.98. The van der Waals surface area contributed by atoms with Gasteiger partial charge in [0.15, 0.2) is 9.84 Å². The number of carbonyl (C=O) groups is 1. The van der Waals surface area contributed by atoms with E-state index in [4.69, 9.17) is 5.11 Å². The zero-order chi connectivity index (χ0) is 13.3. The standard InChI is InChI=1S/C12H13BrO4S/c13-11-5-4-9(6-10(11)12(14)15)18(16,17)7-8-2-1-3-8/h4-6,8H,1-3,7H2,(H,14,15). The van der Waals surface area contributed by atoms with Gasteiger partial charge in [-0.15, -0.1) is 0 Å². The highest BCUT2D eigenvalue weighted by Gasteiger charge is 2.26. The predicted octanol–water partition coefficient (Wildman–Crippen LogP) is 2.72. The maximum absolute atomic E-state index is 12.1. The summed E-state index contributed by atoms with van der Waals surface area (Å²) in [6, 6.07) is 4.14. The normalized spacial score (nSPS) is 16.3. The van der Waals surface area contributed by atoms with Crippen molar-refractivity contribution in [1.82, 2.24) is 0 Å². The van der Waals surface area contributed by atoms with Gasteiger partial charge in [0.25, 0.3) is 0 Å². The zero-order valence-corrected chi connectivity index (χ0v) is 12.0. The van der Waals surface area contributed by atoms with E-state index in [2.05, 4.69) is 15.9 Å². The molecule has 0 radical (unpaired) electrons. The van der Waals surface area contributed by atoms with Crippen molar-refractivity contribution in [2.45, 2.75) is 24.2 Å². The van der Waals surface area contributed by atoms with Crippen molar-refractivity contribution in [1.29, 1.82) is 0 Å². The fraction of sp³-hybridized carbons (Fsp3) is 0.417. The highest BCUT2D eigenvalue weighted by atomic mass is 79.9. The van der Waals surface area contributed by atoms with Crippen LogP contribution in [-0.2, 0) is 9.84 Å². The topological polar surface area (TPSA) is 71.4 Å². The van der Waals surface area contributed by atoms with Crippen LogP contribution in [-0.4, -0.2) is 25.2 Å². The van der Waals surface area contributed by atoms with Crippen LogP contribution in [0.3, 0.4) is 0 Å². The second kappa shape index (κ2) is 5.01. The van der Waals surface area contributed by atoms with Crippen molar-refractivity contribution in [3.8, 4) is 0 Å². The molecule has 6 heteroatoms. The molecule has 0 atom stereocenters. The van der Waals surface area contributed by atoms with Crippen LogP contribution in [0.4, 0.5) is 0 Å². The Hall–Kier alpha value is -0.880. The molecule has 1 aromatic carbocycles. The first-order chi connectivity index (χ1) is 8.40. The Morgan fingerprint density at radius 2 is 2.06 bits per heavy atom. The van der Waals surface area contributed by atoms with E-state index in [0.29, 0.717) is 4.47 Å². The second-order valence-electron chi connectivity index (χ2n) is 4.53. The summed E-state index contributed by atoms with van der Waals surface area (Å²) in [6.45, 7) is 0. The SMILES string of the molecule is O=C(O)c1cc(S(=O)(=O)CC2CCC2)ccc1Br. The first-order valence-electron chi connectivity index (χ1n) is 5.66. The second-order valence-corrected chi connectivity index (χ2v) is 7.41. The molecule has 0 amide bonds. The smallest absolute Gasteiger partial charge is 0.336 e. The summed E-state index contributed by atoms with van der Waals surface area (Å²) in [5.74, 6) is -0.789. The lowest BCUT2D eigenvalue weighted by Gasteiger charge is -2.24. The molecular weight excluding hydrogens is 320 g/mol. The fourth-order valence-corrected chi connectivity index (χ4v) is 4.06. The molecule has 0 heterocycles. The lowest BCUT2D eigenvalue weighted by Crippen LogP contribution is -2.22. The number of halogens is 1. The van der Waals surface area contributed by atoms with Crippen molar-refractivity contribution in [2.75, 3.05) is 5.75 Å². The molecule has 0 unspecified atom stereocenters. The summed E-state index contributed by atoms with van der Waals surface area (Å²) in [5, 5.41) is 8.97. The Balaban J connectivity index is 2.32. The molecule has 1 fully saturated rings. The number of sulfone groups is 1. The minimum Gasteiger partial charge on any atom is -0.478 e. The van der Waals surface area contributed by atoms with Gasteiger partial charge in [0.2, 0.25) is 0 Å². The van der Waals surface area contributed by atoms with Crippen LogP contribution in [0.2, 0.25) is 0 Å². The van der Waals surface area contributed by atoms with Crippen LogP contribution in [0.5, 0.6) is 0 Å². The van der Waals surface area contributed by atoms with E-state index in [1.807, 2.05) is 0 Å². The van der Waals surface area contributed by atoms with Crippen molar-refractivity contribution in [3.63, 3.8) is 0 Å². The maximum atomic E-state index is 12.1. The molecular formula is C12H13BrO4S. The number of hydrogen-bond acceptors (Lipinski definition) is 3. The lowest BCUT2D eigenvalue weighted by molar-refractivity contribution is 0.0695. The van der Waals surface area contributed by atoms with Gasteiger partial charge in [-0.2, -0.15) is 0 Å². The van der Waals surface area contributed by atoms with E-state index in [1.54, 1.807) is 0 Å². The highest BCUT2D eigenvalue weighted by molar-refractivity contribution is 9.10. The van der Waals surface area contributed by atoms with Crippen LogP contribution in [0, 0.1) is 5.92 Å². The van der Waals surface area contributed by atoms with Gasteiger partial charge in [-0.1, -0.05) is 6.42 Å². The van der Waals surface area contributed by atoms with Crippen molar-refractivity contribution in [3.05, 3.63) is 28.2 Å². The summed E-state index contributed by atoms with van der Waals surface area (Å²) in [4.78, 5) is 11.1. The van der Waals surface area contributed by atoms with Crippen molar-refractivity contribution >= 4 is 31.7 Å². The molecule has 1 aliphatic rings. The average Bonchev–Trinajstić information content (AvgIpc) is 2.23. The molecule has 2 rings (SSSR count). The van der Waals surface area contributed by atoms with Crippen LogP contribution in [0.15, 0.2) is 27.6 Å². The van der Waals surface area contributed by atoms with Crippen LogP contribution >= 0.6 is 15.9 Å². The third-order valence-corrected chi connectivity index (χ3v) is 5.78. The molecule has 0 saturated heterocycles. The molecule has 1 N–H and O–H groups in total. The molecule has 0 aromatic heterocycles. The van der Waals surface area contributed by atoms with E-state index >= 15 is 0 Å². The number of carboxylic acids is 1. The van der Waals surface area contributed by atoms with E-state index in [9.17, 15) is 13.2 Å². The first kappa shape index (κ1) is 13.5. The molecule has 18 heavy (non-hydrogen) atoms. The Kier molecular flexibility index (Phi) is 3.77. The maximum Gasteiger partial charge on any atom is 0.336 e. The van der Waals surface area contributed by atoms with Gasteiger partial charge in [0.1, 0.15) is 0 Å². The van der Waals surface area contributed by atoms with Crippen molar-refractivity contribution < 1.29 is 18.3 Å². The minimum absolute atomic E-state index is 0.0234. The van der Waals surface area contributed by atoms with Gasteiger partial charge in [-0.05, 0) is 52.9 Å². The predicted molar refractivity (Wildman–Crippen MR) is 70.5 cm³/mol. The van der Waals surface area contributed by atoms with E-state index in [0.717, 1.165) is 19.3 Å². The van der Waals surface area contributed by atoms with Crippen LogP contribution < -0.4 is 0 Å². The molecule has 98 valence electrons. The van der Waals surface area contributed by atoms with Crippen LogP contribution in [0.25, 0.3) is 0 Å². The number of carboxylic acid groups (broad SMARTS) is 1. The number of aromatic carboxylic acids is 1. The molecule has 1 aliphatic carbocycles. The Bertz CT molecular complexity index is 576. The van der Waals surface area contributed by atoms with E-state index in [-0.39, 0.29) is 22.1 Å². The van der Waals surface area contributed by atoms with Gasteiger partial charge in [-0.3, -0.25) is 0 Å². The fourth-order valence-electron chi connectivity index (χ4n) is 1.93. The first-order valence-corrected chi connectivity index (χ1v) is 8.10. The van der Waals surface area contributed by atoms with Gasteiger partial charge in [0.05, 0.1) is 16.2 Å². The zero-order valence-electron chi connectivity index (χ0n) is 9.60. The quantitative estimate of drug-likeness (QED) is 0.920. The van der Waals surface area contributed by atoms with Crippen LogP contribution in [0.1, 0.15) is 29.6 Å². The third kappa shape index (κ3) is 2.75. The molecule has 0 spiro atoms. The lowest BCUT2D eigenvalue weighted by atomic mass is 9.87.